The van der Waals surface area contributed by atoms with Crippen LogP contribution in [0.4, 0.5) is 17.5 Å². The Morgan fingerprint density at radius 1 is 1.30 bits per heavy atom. The molecule has 6 heteroatoms. The third kappa shape index (κ3) is 3.81. The SMILES string of the molecule is CCCCNc1nncc(Nc2cccc(Cl)c2C)n1. The van der Waals surface area contributed by atoms with E-state index in [-0.39, 0.29) is 0 Å². The van der Waals surface area contributed by atoms with E-state index in [1.54, 1.807) is 6.20 Å². The Bertz CT molecular complexity index is 573. The van der Waals surface area contributed by atoms with Gasteiger partial charge >= 0.3 is 0 Å². The fourth-order valence-electron chi connectivity index (χ4n) is 1.70. The van der Waals surface area contributed by atoms with Crippen LogP contribution >= 0.6 is 11.6 Å². The summed E-state index contributed by atoms with van der Waals surface area (Å²) in [6, 6.07) is 5.71. The molecule has 0 atom stereocenters. The molecule has 2 rings (SSSR count). The first-order valence-electron chi connectivity index (χ1n) is 6.66. The van der Waals surface area contributed by atoms with Gasteiger partial charge in [0.25, 0.3) is 0 Å². The lowest BCUT2D eigenvalue weighted by Gasteiger charge is -2.10. The van der Waals surface area contributed by atoms with Gasteiger partial charge in [0.1, 0.15) is 0 Å². The maximum absolute atomic E-state index is 6.10. The van der Waals surface area contributed by atoms with Crippen LogP contribution < -0.4 is 10.6 Å². The van der Waals surface area contributed by atoms with Gasteiger partial charge in [0.05, 0.1) is 6.20 Å². The number of rotatable bonds is 6. The molecule has 0 saturated heterocycles. The predicted molar refractivity (Wildman–Crippen MR) is 82.7 cm³/mol. The van der Waals surface area contributed by atoms with E-state index in [9.17, 15) is 0 Å². The van der Waals surface area contributed by atoms with Crippen LogP contribution in [0.15, 0.2) is 24.4 Å². The van der Waals surface area contributed by atoms with Crippen LogP contribution in [0.2, 0.25) is 5.02 Å². The Labute approximate surface area is 123 Å². The van der Waals surface area contributed by atoms with Gasteiger partial charge in [-0.3, -0.25) is 0 Å². The third-order valence-corrected chi connectivity index (χ3v) is 3.31. The Balaban J connectivity index is 2.09. The Hall–Kier alpha value is -1.88. The average molecular weight is 292 g/mol. The lowest BCUT2D eigenvalue weighted by atomic mass is 10.2. The average Bonchev–Trinajstić information content (AvgIpc) is 2.45. The van der Waals surface area contributed by atoms with Crippen molar-refractivity contribution in [1.82, 2.24) is 15.2 Å². The monoisotopic (exact) mass is 291 g/mol. The lowest BCUT2D eigenvalue weighted by molar-refractivity contribution is 0.819. The highest BCUT2D eigenvalue weighted by Crippen LogP contribution is 2.25. The number of hydrogen-bond acceptors (Lipinski definition) is 5. The molecule has 0 radical (unpaired) electrons. The zero-order chi connectivity index (χ0) is 14.4. The summed E-state index contributed by atoms with van der Waals surface area (Å²) in [5.74, 6) is 1.17. The van der Waals surface area contributed by atoms with Crippen LogP contribution in [0, 0.1) is 6.92 Å². The fourth-order valence-corrected chi connectivity index (χ4v) is 1.87. The van der Waals surface area contributed by atoms with Crippen molar-refractivity contribution in [3.63, 3.8) is 0 Å². The number of aromatic nitrogens is 3. The van der Waals surface area contributed by atoms with Gasteiger partial charge < -0.3 is 10.6 Å². The van der Waals surface area contributed by atoms with Gasteiger partial charge in [-0.25, -0.2) is 0 Å². The maximum Gasteiger partial charge on any atom is 0.244 e. The summed E-state index contributed by atoms with van der Waals surface area (Å²) in [6.07, 6.45) is 3.79. The Morgan fingerprint density at radius 3 is 2.95 bits per heavy atom. The van der Waals surface area contributed by atoms with Crippen LogP contribution in [0.25, 0.3) is 0 Å². The summed E-state index contributed by atoms with van der Waals surface area (Å²) in [6.45, 7) is 4.94. The van der Waals surface area contributed by atoms with Crippen LogP contribution in [0.3, 0.4) is 0 Å². The summed E-state index contributed by atoms with van der Waals surface area (Å²) in [5, 5.41) is 15.0. The van der Waals surface area contributed by atoms with Gasteiger partial charge in [-0.2, -0.15) is 10.1 Å². The number of anilines is 3. The van der Waals surface area contributed by atoms with E-state index >= 15 is 0 Å². The molecular formula is C14H18ClN5. The standard InChI is InChI=1S/C14H18ClN5/c1-3-4-8-16-14-19-13(9-17-20-14)18-12-7-5-6-11(15)10(12)2/h5-7,9H,3-4,8H2,1-2H3,(H2,16,18,19,20). The molecule has 2 N–H and O–H groups in total. The molecule has 5 nitrogen and oxygen atoms in total. The molecule has 0 spiro atoms. The minimum Gasteiger partial charge on any atom is -0.353 e. The second-order valence-corrected chi connectivity index (χ2v) is 4.89. The summed E-state index contributed by atoms with van der Waals surface area (Å²) < 4.78 is 0. The van der Waals surface area contributed by atoms with E-state index in [1.807, 2.05) is 25.1 Å². The first kappa shape index (κ1) is 14.5. The molecule has 106 valence electrons. The quantitative estimate of drug-likeness (QED) is 0.793. The molecule has 0 bridgehead atoms. The number of nitrogens with zero attached hydrogens (tertiary/aromatic N) is 3. The molecule has 0 amide bonds. The van der Waals surface area contributed by atoms with Crippen LogP contribution in [-0.4, -0.2) is 21.7 Å². The molecule has 1 aromatic heterocycles. The minimum atomic E-state index is 0.531. The number of benzene rings is 1. The van der Waals surface area contributed by atoms with E-state index in [2.05, 4.69) is 32.7 Å². The van der Waals surface area contributed by atoms with Crippen molar-refractivity contribution in [1.29, 1.82) is 0 Å². The molecule has 1 aromatic carbocycles. The molecule has 0 aliphatic rings. The molecule has 20 heavy (non-hydrogen) atoms. The number of unbranched alkanes of at least 4 members (excludes halogenated alkanes) is 1. The van der Waals surface area contributed by atoms with Crippen molar-refractivity contribution in [2.45, 2.75) is 26.7 Å². The summed E-state index contributed by atoms with van der Waals surface area (Å²) in [7, 11) is 0. The Kier molecular flexibility index (Phi) is 5.12. The highest BCUT2D eigenvalue weighted by molar-refractivity contribution is 6.31. The van der Waals surface area contributed by atoms with E-state index in [1.165, 1.54) is 0 Å². The van der Waals surface area contributed by atoms with Gasteiger partial charge in [0, 0.05) is 17.3 Å². The maximum atomic E-state index is 6.10. The summed E-state index contributed by atoms with van der Waals surface area (Å²) >= 11 is 6.10. The van der Waals surface area contributed by atoms with E-state index in [0.717, 1.165) is 35.7 Å². The highest BCUT2D eigenvalue weighted by atomic mass is 35.5. The lowest BCUT2D eigenvalue weighted by Crippen LogP contribution is -2.07. The van der Waals surface area contributed by atoms with Crippen molar-refractivity contribution >= 4 is 29.1 Å². The van der Waals surface area contributed by atoms with Crippen LogP contribution in [0.1, 0.15) is 25.3 Å². The van der Waals surface area contributed by atoms with Crippen molar-refractivity contribution in [2.24, 2.45) is 0 Å². The molecule has 0 unspecified atom stereocenters. The molecular weight excluding hydrogens is 274 g/mol. The second-order valence-electron chi connectivity index (χ2n) is 4.48. The molecule has 1 heterocycles. The molecule has 0 aliphatic heterocycles. The number of nitrogens with one attached hydrogen (secondary N) is 2. The number of halogens is 1. The van der Waals surface area contributed by atoms with Gasteiger partial charge in [0.15, 0.2) is 5.82 Å². The first-order valence-corrected chi connectivity index (χ1v) is 7.04. The van der Waals surface area contributed by atoms with Crippen LogP contribution in [-0.2, 0) is 0 Å². The van der Waals surface area contributed by atoms with Gasteiger partial charge in [-0.1, -0.05) is 31.0 Å². The molecule has 0 aliphatic carbocycles. The summed E-state index contributed by atoms with van der Waals surface area (Å²) in [4.78, 5) is 4.37. The van der Waals surface area contributed by atoms with Crippen molar-refractivity contribution in [3.05, 3.63) is 35.0 Å². The summed E-state index contributed by atoms with van der Waals surface area (Å²) in [5.41, 5.74) is 1.89. The molecule has 2 aromatic rings. The van der Waals surface area contributed by atoms with Crippen molar-refractivity contribution in [3.8, 4) is 0 Å². The normalized spacial score (nSPS) is 10.3. The van der Waals surface area contributed by atoms with Crippen LogP contribution in [0.5, 0.6) is 0 Å². The Morgan fingerprint density at radius 2 is 2.15 bits per heavy atom. The first-order chi connectivity index (χ1) is 9.70. The smallest absolute Gasteiger partial charge is 0.244 e. The zero-order valence-electron chi connectivity index (χ0n) is 11.7. The minimum absolute atomic E-state index is 0.531. The van der Waals surface area contributed by atoms with Gasteiger partial charge in [-0.05, 0) is 31.0 Å². The predicted octanol–water partition coefficient (Wildman–Crippen LogP) is 3.79. The highest BCUT2D eigenvalue weighted by Gasteiger charge is 2.04. The fraction of sp³-hybridized carbons (Fsp3) is 0.357. The van der Waals surface area contributed by atoms with Gasteiger partial charge in [-0.15, -0.1) is 5.10 Å². The molecule has 0 saturated carbocycles. The van der Waals surface area contributed by atoms with Crippen molar-refractivity contribution in [2.75, 3.05) is 17.2 Å². The van der Waals surface area contributed by atoms with E-state index < -0.39 is 0 Å². The largest absolute Gasteiger partial charge is 0.353 e. The van der Waals surface area contributed by atoms with E-state index in [0.29, 0.717) is 11.8 Å². The van der Waals surface area contributed by atoms with E-state index in [4.69, 9.17) is 11.6 Å². The zero-order valence-corrected chi connectivity index (χ0v) is 12.4. The van der Waals surface area contributed by atoms with Gasteiger partial charge in [0.2, 0.25) is 5.95 Å². The number of hydrogen-bond donors (Lipinski definition) is 2. The second kappa shape index (κ2) is 7.05. The third-order valence-electron chi connectivity index (χ3n) is 2.90. The topological polar surface area (TPSA) is 62.7 Å². The van der Waals surface area contributed by atoms with Crippen molar-refractivity contribution < 1.29 is 0 Å². The molecule has 0 fully saturated rings.